The third kappa shape index (κ3) is 10.6. The average Bonchev–Trinajstić information content (AvgIpc) is 3.15. The third-order valence-electron chi connectivity index (χ3n) is 5.41. The van der Waals surface area contributed by atoms with E-state index in [0.717, 1.165) is 32.1 Å². The number of benzene rings is 1. The molecule has 1 aromatic carbocycles. The number of ether oxygens (including phenoxy) is 2. The number of unbranched alkanes of at least 4 members (excludes halogenated alkanes) is 3. The van der Waals surface area contributed by atoms with Gasteiger partial charge in [0.15, 0.2) is 0 Å². The van der Waals surface area contributed by atoms with Crippen molar-refractivity contribution in [3.05, 3.63) is 48.0 Å². The first-order valence-electron chi connectivity index (χ1n) is 11.1. The maximum atomic E-state index is 8.89. The molecule has 0 aliphatic carbocycles. The maximum absolute atomic E-state index is 8.89. The topological polar surface area (TPSA) is 45.5 Å². The van der Waals surface area contributed by atoms with E-state index in [0.29, 0.717) is 13.0 Å². The van der Waals surface area contributed by atoms with Gasteiger partial charge >= 0.3 is 0 Å². The second kappa shape index (κ2) is 14.3. The van der Waals surface area contributed by atoms with E-state index in [1.807, 2.05) is 6.07 Å². The second-order valence-electron chi connectivity index (χ2n) is 8.33. The smallest absolute Gasteiger partial charge is 0.0720 e. The standard InChI is InChI=1S/C25H38N2O2/c1-27(2)19-11-6-4-3-5-10-14-24(28-21-22-12-8-7-9-13-22)20-25-16-15-23(29-25)17-18-26/h5,7-10,12-13,23-25H,3-4,6,11,14-17,19-21H2,1-2H3/b10-5-/t23?,24-,25-/m1/s1. The molecule has 0 aromatic heterocycles. The van der Waals surface area contributed by atoms with Crippen molar-refractivity contribution >= 4 is 0 Å². The summed E-state index contributed by atoms with van der Waals surface area (Å²) in [5, 5.41) is 8.89. The summed E-state index contributed by atoms with van der Waals surface area (Å²) in [6.07, 6.45) is 14.4. The molecule has 0 radical (unpaired) electrons. The lowest BCUT2D eigenvalue weighted by Crippen LogP contribution is -2.21. The first-order chi connectivity index (χ1) is 14.2. The zero-order valence-corrected chi connectivity index (χ0v) is 18.3. The molecule has 1 aromatic rings. The van der Waals surface area contributed by atoms with Crippen molar-refractivity contribution in [2.75, 3.05) is 20.6 Å². The van der Waals surface area contributed by atoms with Crippen LogP contribution in [-0.2, 0) is 16.1 Å². The Morgan fingerprint density at radius 3 is 2.69 bits per heavy atom. The van der Waals surface area contributed by atoms with E-state index >= 15 is 0 Å². The first-order valence-corrected chi connectivity index (χ1v) is 11.1. The van der Waals surface area contributed by atoms with E-state index in [1.54, 1.807) is 0 Å². The molecule has 0 N–H and O–H groups in total. The molecule has 1 aliphatic heterocycles. The summed E-state index contributed by atoms with van der Waals surface area (Å²) in [4.78, 5) is 2.25. The molecule has 0 bridgehead atoms. The lowest BCUT2D eigenvalue weighted by Gasteiger charge is -2.21. The van der Waals surface area contributed by atoms with Gasteiger partial charge in [0.05, 0.1) is 37.4 Å². The molecule has 160 valence electrons. The molecule has 1 aliphatic rings. The molecular weight excluding hydrogens is 360 g/mol. The Morgan fingerprint density at radius 1 is 1.14 bits per heavy atom. The van der Waals surface area contributed by atoms with E-state index in [2.05, 4.69) is 61.5 Å². The quantitative estimate of drug-likeness (QED) is 0.307. The molecule has 3 atom stereocenters. The van der Waals surface area contributed by atoms with Gasteiger partial charge in [0, 0.05) is 6.42 Å². The Hall–Kier alpha value is -1.67. The lowest BCUT2D eigenvalue weighted by atomic mass is 10.0. The average molecular weight is 399 g/mol. The van der Waals surface area contributed by atoms with Crippen molar-refractivity contribution < 1.29 is 9.47 Å². The first kappa shape index (κ1) is 23.6. The monoisotopic (exact) mass is 398 g/mol. The highest BCUT2D eigenvalue weighted by Gasteiger charge is 2.27. The van der Waals surface area contributed by atoms with E-state index in [-0.39, 0.29) is 18.3 Å². The van der Waals surface area contributed by atoms with Crippen molar-refractivity contribution in [1.29, 1.82) is 5.26 Å². The van der Waals surface area contributed by atoms with Gasteiger partial charge in [-0.2, -0.15) is 5.26 Å². The summed E-state index contributed by atoms with van der Waals surface area (Å²) in [5.41, 5.74) is 1.21. The third-order valence-corrected chi connectivity index (χ3v) is 5.41. The van der Waals surface area contributed by atoms with Crippen molar-refractivity contribution in [2.24, 2.45) is 0 Å². The predicted octanol–water partition coefficient (Wildman–Crippen LogP) is 5.49. The molecule has 2 rings (SSSR count). The van der Waals surface area contributed by atoms with Gasteiger partial charge in [0.1, 0.15) is 0 Å². The largest absolute Gasteiger partial charge is 0.374 e. The van der Waals surface area contributed by atoms with Crippen molar-refractivity contribution in [2.45, 2.75) is 82.7 Å². The normalized spacial score (nSPS) is 20.3. The zero-order valence-electron chi connectivity index (χ0n) is 18.3. The predicted molar refractivity (Wildman–Crippen MR) is 119 cm³/mol. The van der Waals surface area contributed by atoms with E-state index in [4.69, 9.17) is 14.7 Å². The van der Waals surface area contributed by atoms with Crippen molar-refractivity contribution in [3.8, 4) is 6.07 Å². The van der Waals surface area contributed by atoms with Gasteiger partial charge in [-0.25, -0.2) is 0 Å². The molecule has 29 heavy (non-hydrogen) atoms. The summed E-state index contributed by atoms with van der Waals surface area (Å²) in [5.74, 6) is 0. The molecule has 1 saturated heterocycles. The molecule has 0 saturated carbocycles. The number of nitrogens with zero attached hydrogens (tertiary/aromatic N) is 2. The van der Waals surface area contributed by atoms with E-state index in [1.165, 1.54) is 31.4 Å². The maximum Gasteiger partial charge on any atom is 0.0720 e. The summed E-state index contributed by atoms with van der Waals surface area (Å²) in [6, 6.07) is 12.6. The molecule has 1 fully saturated rings. The fourth-order valence-corrected chi connectivity index (χ4v) is 3.75. The number of hydrogen-bond donors (Lipinski definition) is 0. The molecule has 1 unspecified atom stereocenters. The summed E-state index contributed by atoms with van der Waals surface area (Å²) in [7, 11) is 4.26. The SMILES string of the molecule is CN(C)CCCCC/C=C\C[C@H](C[C@H]1CCC(CC#N)O1)OCc1ccccc1. The van der Waals surface area contributed by atoms with Gasteiger partial charge in [0.25, 0.3) is 0 Å². The minimum absolute atomic E-state index is 0.109. The van der Waals surface area contributed by atoms with Crippen LogP contribution in [0, 0.1) is 11.3 Å². The number of allylic oxidation sites excluding steroid dienone is 1. The Kier molecular flexibility index (Phi) is 11.7. The van der Waals surface area contributed by atoms with Crippen molar-refractivity contribution in [3.63, 3.8) is 0 Å². The highest BCUT2D eigenvalue weighted by Crippen LogP contribution is 2.27. The van der Waals surface area contributed by atoms with Crippen LogP contribution >= 0.6 is 0 Å². The van der Waals surface area contributed by atoms with Crippen LogP contribution in [0.2, 0.25) is 0 Å². The summed E-state index contributed by atoms with van der Waals surface area (Å²) >= 11 is 0. The zero-order chi connectivity index (χ0) is 20.7. The number of hydrogen-bond acceptors (Lipinski definition) is 4. The van der Waals surface area contributed by atoms with Gasteiger partial charge in [-0.05, 0) is 64.7 Å². The van der Waals surface area contributed by atoms with Crippen LogP contribution < -0.4 is 0 Å². The van der Waals surface area contributed by atoms with E-state index in [9.17, 15) is 0 Å². The fraction of sp³-hybridized carbons (Fsp3) is 0.640. The molecule has 4 heteroatoms. The van der Waals surface area contributed by atoms with Gasteiger partial charge in [-0.1, -0.05) is 48.9 Å². The van der Waals surface area contributed by atoms with Crippen LogP contribution in [0.3, 0.4) is 0 Å². The Morgan fingerprint density at radius 2 is 1.93 bits per heavy atom. The lowest BCUT2D eigenvalue weighted by molar-refractivity contribution is -0.0198. The van der Waals surface area contributed by atoms with Gasteiger partial charge in [0.2, 0.25) is 0 Å². The van der Waals surface area contributed by atoms with Gasteiger partial charge in [-0.3, -0.25) is 0 Å². The molecule has 0 amide bonds. The highest BCUT2D eigenvalue weighted by atomic mass is 16.5. The second-order valence-corrected chi connectivity index (χ2v) is 8.33. The van der Waals surface area contributed by atoms with Crippen LogP contribution in [-0.4, -0.2) is 43.9 Å². The minimum atomic E-state index is 0.109. The van der Waals surface area contributed by atoms with Crippen LogP contribution in [0.4, 0.5) is 0 Å². The molecule has 4 nitrogen and oxygen atoms in total. The van der Waals surface area contributed by atoms with Crippen molar-refractivity contribution in [1.82, 2.24) is 4.90 Å². The summed E-state index contributed by atoms with van der Waals surface area (Å²) in [6.45, 7) is 1.81. The summed E-state index contributed by atoms with van der Waals surface area (Å²) < 4.78 is 12.3. The van der Waals surface area contributed by atoms with Crippen LogP contribution in [0.1, 0.15) is 63.4 Å². The Labute approximate surface area is 177 Å². The Bertz CT molecular complexity index is 609. The van der Waals surface area contributed by atoms with Crippen LogP contribution in [0.25, 0.3) is 0 Å². The van der Waals surface area contributed by atoms with Gasteiger partial charge in [-0.15, -0.1) is 0 Å². The fourth-order valence-electron chi connectivity index (χ4n) is 3.75. The molecule has 0 spiro atoms. The van der Waals surface area contributed by atoms with E-state index < -0.39 is 0 Å². The number of rotatable bonds is 14. The van der Waals surface area contributed by atoms with Crippen LogP contribution in [0.5, 0.6) is 0 Å². The van der Waals surface area contributed by atoms with Gasteiger partial charge < -0.3 is 14.4 Å². The highest BCUT2D eigenvalue weighted by molar-refractivity contribution is 5.13. The minimum Gasteiger partial charge on any atom is -0.374 e. The molecular formula is C25H38N2O2. The number of nitriles is 1. The van der Waals surface area contributed by atoms with Crippen LogP contribution in [0.15, 0.2) is 42.5 Å². The molecule has 1 heterocycles. The Balaban J connectivity index is 1.74.